The van der Waals surface area contributed by atoms with Gasteiger partial charge in [-0.2, -0.15) is 0 Å². The highest BCUT2D eigenvalue weighted by Gasteiger charge is 2.59. The van der Waals surface area contributed by atoms with Gasteiger partial charge < -0.3 is 18.9 Å². The lowest BCUT2D eigenvalue weighted by Gasteiger charge is -2.30. The van der Waals surface area contributed by atoms with E-state index in [0.717, 1.165) is 25.7 Å². The van der Waals surface area contributed by atoms with Gasteiger partial charge in [0, 0.05) is 0 Å². The summed E-state index contributed by atoms with van der Waals surface area (Å²) in [6.07, 6.45) is 2.86. The van der Waals surface area contributed by atoms with Crippen LogP contribution in [0, 0.1) is 23.7 Å². The zero-order valence-corrected chi connectivity index (χ0v) is 25.2. The monoisotopic (exact) mass is 542 g/mol. The van der Waals surface area contributed by atoms with E-state index in [1.807, 2.05) is 0 Å². The number of fused-ring (bicyclic) bond motifs is 1. The summed E-state index contributed by atoms with van der Waals surface area (Å²) in [6, 6.07) is -0.417. The summed E-state index contributed by atoms with van der Waals surface area (Å²) in [6.45, 7) is 19.5. The maximum Gasteiger partial charge on any atom is 0.327 e. The van der Waals surface area contributed by atoms with Crippen LogP contribution in [0.5, 0.6) is 0 Å². The Hall–Kier alpha value is -1.62. The Morgan fingerprint density at radius 3 is 0.895 bits per heavy atom. The summed E-state index contributed by atoms with van der Waals surface area (Å²) in [5.41, 5.74) is 0. The number of carbonyl (C=O) groups excluding carboxylic acids is 2. The van der Waals surface area contributed by atoms with Crippen LogP contribution < -0.4 is 0 Å². The first-order valence-electron chi connectivity index (χ1n) is 14.6. The van der Waals surface area contributed by atoms with Crippen LogP contribution in [0.2, 0.25) is 0 Å². The van der Waals surface area contributed by atoms with Gasteiger partial charge >= 0.3 is 12.1 Å². The van der Waals surface area contributed by atoms with E-state index in [1.165, 1.54) is 0 Å². The van der Waals surface area contributed by atoms with Gasteiger partial charge in [-0.25, -0.2) is 9.59 Å². The van der Waals surface area contributed by atoms with E-state index in [-0.39, 0.29) is 39.0 Å². The molecule has 4 amide bonds. The summed E-state index contributed by atoms with van der Waals surface area (Å²) in [5.74, 6) is 1.52. The smallest absolute Gasteiger partial charge is 0.327 e. The molecule has 10 nitrogen and oxygen atoms in total. The van der Waals surface area contributed by atoms with E-state index in [4.69, 9.17) is 18.9 Å². The molecule has 38 heavy (non-hydrogen) atoms. The third-order valence-electron chi connectivity index (χ3n) is 7.85. The molecule has 2 rings (SSSR count). The minimum atomic E-state index is -0.553. The number of rotatable bonds is 20. The molecule has 0 aliphatic carbocycles. The van der Waals surface area contributed by atoms with Gasteiger partial charge in [0.1, 0.15) is 26.9 Å². The third kappa shape index (κ3) is 8.69. The molecular formula is C28H54N4O6. The fraction of sp³-hybridized carbons (Fsp3) is 0.929. The second kappa shape index (κ2) is 16.5. The topological polar surface area (TPSA) is 84.0 Å². The van der Waals surface area contributed by atoms with Crippen LogP contribution in [0.3, 0.4) is 0 Å². The molecule has 2 heterocycles. The van der Waals surface area contributed by atoms with E-state index in [0.29, 0.717) is 50.1 Å². The third-order valence-corrected chi connectivity index (χ3v) is 7.85. The lowest BCUT2D eigenvalue weighted by Crippen LogP contribution is -2.48. The second-order valence-electron chi connectivity index (χ2n) is 11.3. The van der Waals surface area contributed by atoms with Crippen molar-refractivity contribution < 1.29 is 28.5 Å². The summed E-state index contributed by atoms with van der Waals surface area (Å²) in [7, 11) is 0. The number of urea groups is 2. The van der Waals surface area contributed by atoms with Gasteiger partial charge in [0.05, 0.1) is 26.4 Å². The van der Waals surface area contributed by atoms with Crippen LogP contribution in [0.1, 0.15) is 81.1 Å². The highest BCUT2D eigenvalue weighted by molar-refractivity contribution is 5.85. The normalized spacial score (nSPS) is 22.8. The van der Waals surface area contributed by atoms with Crippen molar-refractivity contribution in [1.82, 2.24) is 19.6 Å². The number of carbonyl (C=O) groups is 2. The standard InChI is InChI=1S/C28H54N4O6/c1-9-21(5)13-35-17-29-25-26(31(27(29)33)19-37-15-23(7)11-3)32(20-38-16-24(8)12-4)28(34)30(25)18-36-14-22(6)10-2/h21-26H,9-20H2,1-8H3. The maximum atomic E-state index is 13.7. The molecular weight excluding hydrogens is 488 g/mol. The molecule has 4 atom stereocenters. The molecule has 2 aliphatic heterocycles. The highest BCUT2D eigenvalue weighted by Crippen LogP contribution is 2.35. The number of hydrogen-bond acceptors (Lipinski definition) is 6. The second-order valence-corrected chi connectivity index (χ2v) is 11.3. The molecule has 2 fully saturated rings. The molecule has 2 aliphatic rings. The lowest BCUT2D eigenvalue weighted by molar-refractivity contribution is -0.0456. The molecule has 4 unspecified atom stereocenters. The van der Waals surface area contributed by atoms with E-state index in [9.17, 15) is 9.59 Å². The van der Waals surface area contributed by atoms with Crippen LogP contribution in [-0.2, 0) is 18.9 Å². The first-order valence-corrected chi connectivity index (χ1v) is 14.6. The van der Waals surface area contributed by atoms with Gasteiger partial charge in [-0.1, -0.05) is 81.1 Å². The van der Waals surface area contributed by atoms with Crippen molar-refractivity contribution in [2.75, 3.05) is 53.4 Å². The van der Waals surface area contributed by atoms with Crippen LogP contribution >= 0.6 is 0 Å². The molecule has 0 saturated carbocycles. The van der Waals surface area contributed by atoms with Crippen molar-refractivity contribution in [2.45, 2.75) is 93.4 Å². The Morgan fingerprint density at radius 1 is 0.500 bits per heavy atom. The van der Waals surface area contributed by atoms with Crippen LogP contribution in [0.4, 0.5) is 9.59 Å². The van der Waals surface area contributed by atoms with Gasteiger partial charge in [-0.05, 0) is 23.7 Å². The Bertz CT molecular complexity index is 603. The summed E-state index contributed by atoms with van der Waals surface area (Å²) < 4.78 is 23.9. The van der Waals surface area contributed by atoms with Crippen molar-refractivity contribution in [2.24, 2.45) is 23.7 Å². The molecule has 0 aromatic rings. The van der Waals surface area contributed by atoms with E-state index in [2.05, 4.69) is 55.4 Å². The van der Waals surface area contributed by atoms with Crippen LogP contribution in [-0.4, -0.2) is 97.3 Å². The number of hydrogen-bond donors (Lipinski definition) is 0. The van der Waals surface area contributed by atoms with E-state index in [1.54, 1.807) is 19.6 Å². The van der Waals surface area contributed by atoms with Crippen molar-refractivity contribution in [1.29, 1.82) is 0 Å². The number of amides is 4. The minimum Gasteiger partial charge on any atom is -0.361 e. The van der Waals surface area contributed by atoms with Crippen molar-refractivity contribution in [3.63, 3.8) is 0 Å². The van der Waals surface area contributed by atoms with Gasteiger partial charge in [0.15, 0.2) is 12.3 Å². The highest BCUT2D eigenvalue weighted by atomic mass is 16.5. The van der Waals surface area contributed by atoms with Gasteiger partial charge in [0.2, 0.25) is 0 Å². The van der Waals surface area contributed by atoms with Gasteiger partial charge in [0.25, 0.3) is 0 Å². The molecule has 0 aromatic heterocycles. The largest absolute Gasteiger partial charge is 0.361 e. The summed E-state index contributed by atoms with van der Waals surface area (Å²) in [5, 5.41) is 0. The fourth-order valence-corrected chi connectivity index (χ4v) is 4.17. The number of ether oxygens (including phenoxy) is 4. The minimum absolute atomic E-state index is 0.100. The molecule has 0 N–H and O–H groups in total. The fourth-order valence-electron chi connectivity index (χ4n) is 4.17. The zero-order chi connectivity index (χ0) is 28.2. The van der Waals surface area contributed by atoms with Gasteiger partial charge in [-0.15, -0.1) is 0 Å². The average molecular weight is 543 g/mol. The SMILES string of the molecule is CCC(C)COCN1C(=O)N(COCC(C)CC)C2C1N(COCC(C)CC)C(=O)N2COCC(C)CC. The Morgan fingerprint density at radius 2 is 0.711 bits per heavy atom. The Kier molecular flexibility index (Phi) is 14.1. The van der Waals surface area contributed by atoms with Gasteiger partial charge in [-0.3, -0.25) is 19.6 Å². The maximum absolute atomic E-state index is 13.7. The summed E-state index contributed by atoms with van der Waals surface area (Å²) >= 11 is 0. The molecule has 0 spiro atoms. The van der Waals surface area contributed by atoms with Crippen molar-refractivity contribution in [3.8, 4) is 0 Å². The molecule has 222 valence electrons. The molecule has 0 bridgehead atoms. The first kappa shape index (κ1) is 32.6. The zero-order valence-electron chi connectivity index (χ0n) is 25.2. The molecule has 0 radical (unpaired) electrons. The van der Waals surface area contributed by atoms with Crippen LogP contribution in [0.25, 0.3) is 0 Å². The molecule has 2 saturated heterocycles. The van der Waals surface area contributed by atoms with E-state index >= 15 is 0 Å². The predicted molar refractivity (Wildman–Crippen MR) is 147 cm³/mol. The quantitative estimate of drug-likeness (QED) is 0.210. The Labute approximate surface area is 230 Å². The van der Waals surface area contributed by atoms with E-state index < -0.39 is 12.3 Å². The average Bonchev–Trinajstić information content (AvgIpc) is 3.33. The summed E-state index contributed by atoms with van der Waals surface area (Å²) in [4.78, 5) is 34.0. The Balaban J connectivity index is 2.28. The first-order chi connectivity index (χ1) is 18.2. The number of nitrogens with zero attached hydrogens (tertiary/aromatic N) is 4. The predicted octanol–water partition coefficient (Wildman–Crippen LogP) is 5.19. The van der Waals surface area contributed by atoms with Crippen molar-refractivity contribution >= 4 is 12.1 Å². The molecule has 0 aromatic carbocycles. The molecule has 10 heteroatoms. The lowest BCUT2D eigenvalue weighted by atomic mass is 10.1. The van der Waals surface area contributed by atoms with Crippen molar-refractivity contribution in [3.05, 3.63) is 0 Å². The van der Waals surface area contributed by atoms with Crippen LogP contribution in [0.15, 0.2) is 0 Å².